The van der Waals surface area contributed by atoms with Gasteiger partial charge < -0.3 is 10.6 Å². The van der Waals surface area contributed by atoms with E-state index < -0.39 is 0 Å². The molecule has 2 aromatic rings. The van der Waals surface area contributed by atoms with Gasteiger partial charge in [0, 0.05) is 31.0 Å². The highest BCUT2D eigenvalue weighted by Crippen LogP contribution is 2.14. The lowest BCUT2D eigenvalue weighted by Gasteiger charge is -2.08. The van der Waals surface area contributed by atoms with Gasteiger partial charge in [-0.2, -0.15) is 5.10 Å². The van der Waals surface area contributed by atoms with Crippen molar-refractivity contribution in [3.05, 3.63) is 42.2 Å². The van der Waals surface area contributed by atoms with E-state index in [0.717, 1.165) is 0 Å². The minimum atomic E-state index is -0.211. The Hall–Kier alpha value is -2.63. The van der Waals surface area contributed by atoms with Crippen LogP contribution in [-0.2, 0) is 11.3 Å². The van der Waals surface area contributed by atoms with Crippen LogP contribution < -0.4 is 10.6 Å². The minimum Gasteiger partial charge on any atom is -0.326 e. The average molecular weight is 272 g/mol. The van der Waals surface area contributed by atoms with Crippen LogP contribution in [-0.4, -0.2) is 21.6 Å². The minimum absolute atomic E-state index is 0.131. The van der Waals surface area contributed by atoms with Crippen molar-refractivity contribution in [3.8, 4) is 0 Å². The fourth-order valence-corrected chi connectivity index (χ4v) is 1.81. The van der Waals surface area contributed by atoms with E-state index >= 15 is 0 Å². The van der Waals surface area contributed by atoms with Gasteiger partial charge >= 0.3 is 0 Å². The third kappa shape index (κ3) is 3.23. The lowest BCUT2D eigenvalue weighted by Crippen LogP contribution is -2.17. The zero-order chi connectivity index (χ0) is 14.5. The second kappa shape index (κ2) is 6.01. The molecule has 104 valence electrons. The number of anilines is 2. The highest BCUT2D eigenvalue weighted by Gasteiger charge is 2.11. The van der Waals surface area contributed by atoms with Crippen molar-refractivity contribution in [1.29, 1.82) is 0 Å². The maximum absolute atomic E-state index is 12.1. The normalized spacial score (nSPS) is 10.1. The van der Waals surface area contributed by atoms with Crippen molar-refractivity contribution in [2.45, 2.75) is 20.4 Å². The monoisotopic (exact) mass is 272 g/mol. The number of benzene rings is 1. The molecule has 0 aliphatic heterocycles. The number of amides is 2. The van der Waals surface area contributed by atoms with Crippen LogP contribution in [0.4, 0.5) is 11.4 Å². The van der Waals surface area contributed by atoms with Crippen molar-refractivity contribution in [2.75, 3.05) is 10.6 Å². The van der Waals surface area contributed by atoms with Crippen LogP contribution in [0.2, 0.25) is 0 Å². The Bertz CT molecular complexity index is 616. The Morgan fingerprint density at radius 3 is 2.25 bits per heavy atom. The zero-order valence-electron chi connectivity index (χ0n) is 11.4. The summed E-state index contributed by atoms with van der Waals surface area (Å²) in [6, 6.07) is 8.60. The Balaban J connectivity index is 2.06. The van der Waals surface area contributed by atoms with E-state index in [1.807, 2.05) is 6.92 Å². The molecule has 1 heterocycles. The summed E-state index contributed by atoms with van der Waals surface area (Å²) in [5.74, 6) is -0.342. The maximum Gasteiger partial charge on any atom is 0.273 e. The molecule has 0 radical (unpaired) electrons. The number of nitrogens with one attached hydrogen (secondary N) is 2. The number of carbonyl (C=O) groups excluding carboxylic acids is 2. The molecule has 0 unspecified atom stereocenters. The van der Waals surface area contributed by atoms with Gasteiger partial charge in [0.2, 0.25) is 5.91 Å². The smallest absolute Gasteiger partial charge is 0.273 e. The first kappa shape index (κ1) is 13.8. The van der Waals surface area contributed by atoms with Gasteiger partial charge in [-0.3, -0.25) is 14.3 Å². The zero-order valence-corrected chi connectivity index (χ0v) is 11.4. The van der Waals surface area contributed by atoms with E-state index in [4.69, 9.17) is 0 Å². The van der Waals surface area contributed by atoms with Crippen molar-refractivity contribution in [3.63, 3.8) is 0 Å². The molecule has 0 aliphatic carbocycles. The fraction of sp³-hybridized carbons (Fsp3) is 0.214. The molecule has 1 aromatic carbocycles. The van der Waals surface area contributed by atoms with E-state index in [2.05, 4.69) is 15.7 Å². The van der Waals surface area contributed by atoms with Gasteiger partial charge in [-0.1, -0.05) is 0 Å². The Kier molecular flexibility index (Phi) is 4.14. The highest BCUT2D eigenvalue weighted by molar-refractivity contribution is 6.03. The predicted octanol–water partition coefficient (Wildman–Crippen LogP) is 2.11. The average Bonchev–Trinajstić information content (AvgIpc) is 2.89. The van der Waals surface area contributed by atoms with Crippen LogP contribution in [0.25, 0.3) is 0 Å². The topological polar surface area (TPSA) is 76.0 Å². The van der Waals surface area contributed by atoms with Crippen LogP contribution in [0.3, 0.4) is 0 Å². The molecular weight excluding hydrogens is 256 g/mol. The molecule has 0 saturated heterocycles. The Morgan fingerprint density at radius 1 is 1.10 bits per heavy atom. The van der Waals surface area contributed by atoms with Crippen LogP contribution in [0, 0.1) is 0 Å². The van der Waals surface area contributed by atoms with Crippen LogP contribution in [0.1, 0.15) is 24.3 Å². The van der Waals surface area contributed by atoms with E-state index in [9.17, 15) is 9.59 Å². The van der Waals surface area contributed by atoms with E-state index in [1.54, 1.807) is 41.2 Å². The summed E-state index contributed by atoms with van der Waals surface area (Å²) in [6.07, 6.45) is 1.60. The largest absolute Gasteiger partial charge is 0.326 e. The molecule has 6 nitrogen and oxygen atoms in total. The predicted molar refractivity (Wildman–Crippen MR) is 76.6 cm³/mol. The van der Waals surface area contributed by atoms with E-state index in [0.29, 0.717) is 23.6 Å². The number of hydrogen-bond donors (Lipinski definition) is 2. The summed E-state index contributed by atoms with van der Waals surface area (Å²) in [5.41, 5.74) is 1.86. The number of carbonyl (C=O) groups is 2. The van der Waals surface area contributed by atoms with Gasteiger partial charge in [-0.15, -0.1) is 0 Å². The molecule has 0 aliphatic rings. The third-order valence-electron chi connectivity index (χ3n) is 2.71. The standard InChI is InChI=1S/C14H16N4O2/c1-3-18-13(8-9-15-18)14(20)17-12-6-4-11(5-7-12)16-10(2)19/h4-9H,3H2,1-2H3,(H,16,19)(H,17,20). The van der Waals surface area contributed by atoms with Gasteiger partial charge in [0.05, 0.1) is 0 Å². The van der Waals surface area contributed by atoms with Crippen LogP contribution in [0.15, 0.2) is 36.5 Å². The lowest BCUT2D eigenvalue weighted by molar-refractivity contribution is -0.114. The van der Waals surface area contributed by atoms with Gasteiger partial charge in [-0.05, 0) is 37.3 Å². The van der Waals surface area contributed by atoms with E-state index in [1.165, 1.54) is 6.92 Å². The maximum atomic E-state index is 12.1. The molecule has 0 atom stereocenters. The van der Waals surface area contributed by atoms with Crippen molar-refractivity contribution in [1.82, 2.24) is 9.78 Å². The van der Waals surface area contributed by atoms with Crippen molar-refractivity contribution >= 4 is 23.2 Å². The molecule has 1 aromatic heterocycles. The molecule has 0 fully saturated rings. The summed E-state index contributed by atoms with van der Waals surface area (Å²) in [4.78, 5) is 23.0. The summed E-state index contributed by atoms with van der Waals surface area (Å²) in [5, 5.41) is 9.50. The van der Waals surface area contributed by atoms with Crippen molar-refractivity contribution in [2.24, 2.45) is 0 Å². The van der Waals surface area contributed by atoms with Crippen molar-refractivity contribution < 1.29 is 9.59 Å². The molecule has 0 bridgehead atoms. The summed E-state index contributed by atoms with van der Waals surface area (Å²) < 4.78 is 1.63. The van der Waals surface area contributed by atoms with Gasteiger partial charge in [0.1, 0.15) is 5.69 Å². The van der Waals surface area contributed by atoms with Gasteiger partial charge in [0.25, 0.3) is 5.91 Å². The quantitative estimate of drug-likeness (QED) is 0.895. The molecule has 2 rings (SSSR count). The highest BCUT2D eigenvalue weighted by atomic mass is 16.2. The second-order valence-corrected chi connectivity index (χ2v) is 4.24. The molecule has 20 heavy (non-hydrogen) atoms. The van der Waals surface area contributed by atoms with Crippen LogP contribution >= 0.6 is 0 Å². The summed E-state index contributed by atoms with van der Waals surface area (Å²) in [7, 11) is 0. The summed E-state index contributed by atoms with van der Waals surface area (Å²) in [6.45, 7) is 4.00. The summed E-state index contributed by atoms with van der Waals surface area (Å²) >= 11 is 0. The number of hydrogen-bond acceptors (Lipinski definition) is 3. The first-order valence-electron chi connectivity index (χ1n) is 6.31. The SMILES string of the molecule is CCn1nccc1C(=O)Nc1ccc(NC(C)=O)cc1. The molecule has 2 N–H and O–H groups in total. The van der Waals surface area contributed by atoms with Gasteiger partial charge in [-0.25, -0.2) is 0 Å². The third-order valence-corrected chi connectivity index (χ3v) is 2.71. The Morgan fingerprint density at radius 2 is 1.70 bits per heavy atom. The number of aryl methyl sites for hydroxylation is 1. The second-order valence-electron chi connectivity index (χ2n) is 4.24. The molecule has 2 amide bonds. The number of rotatable bonds is 4. The molecule has 6 heteroatoms. The van der Waals surface area contributed by atoms with E-state index in [-0.39, 0.29) is 11.8 Å². The molecular formula is C14H16N4O2. The molecule has 0 saturated carbocycles. The first-order chi connectivity index (χ1) is 9.60. The first-order valence-corrected chi connectivity index (χ1v) is 6.31. The fourth-order valence-electron chi connectivity index (χ4n) is 1.81. The Labute approximate surface area is 116 Å². The lowest BCUT2D eigenvalue weighted by atomic mass is 10.2. The number of nitrogens with zero attached hydrogens (tertiary/aromatic N) is 2. The van der Waals surface area contributed by atoms with Crippen LogP contribution in [0.5, 0.6) is 0 Å². The van der Waals surface area contributed by atoms with Gasteiger partial charge in [0.15, 0.2) is 0 Å². The number of aromatic nitrogens is 2. The molecule has 0 spiro atoms.